The number of hydrogen-bond acceptors (Lipinski definition) is 2. The number of para-hydroxylation sites is 1. The van der Waals surface area contributed by atoms with Crippen molar-refractivity contribution < 1.29 is 13.9 Å². The molecule has 2 aromatic carbocycles. The molecular formula is C17H18FNO2. The second kappa shape index (κ2) is 7.43. The zero-order valence-electron chi connectivity index (χ0n) is 11.9. The second-order valence-corrected chi connectivity index (χ2v) is 4.72. The number of amides is 1. The van der Waals surface area contributed by atoms with Gasteiger partial charge in [0.25, 0.3) is 0 Å². The summed E-state index contributed by atoms with van der Waals surface area (Å²) in [6.45, 7) is 0.437. The molecule has 0 bridgehead atoms. The molecule has 0 fully saturated rings. The fourth-order valence-corrected chi connectivity index (χ4v) is 2.04. The van der Waals surface area contributed by atoms with Gasteiger partial charge in [0.15, 0.2) is 0 Å². The standard InChI is InChI=1S/C17H18FNO2/c1-21-16-5-3-2-4-14(16)12-19-17(20)11-8-13-6-9-15(18)10-7-13/h2-7,9-10H,8,11-12H2,1H3,(H,19,20). The number of benzene rings is 2. The van der Waals surface area contributed by atoms with E-state index in [9.17, 15) is 9.18 Å². The Morgan fingerprint density at radius 3 is 2.57 bits per heavy atom. The molecule has 110 valence electrons. The van der Waals surface area contributed by atoms with E-state index in [-0.39, 0.29) is 11.7 Å². The molecule has 2 aromatic rings. The van der Waals surface area contributed by atoms with Gasteiger partial charge in [0, 0.05) is 18.5 Å². The first-order valence-electron chi connectivity index (χ1n) is 6.82. The molecule has 1 N–H and O–H groups in total. The maximum atomic E-state index is 12.8. The van der Waals surface area contributed by atoms with Crippen molar-refractivity contribution in [3.8, 4) is 5.75 Å². The second-order valence-electron chi connectivity index (χ2n) is 4.72. The van der Waals surface area contributed by atoms with Gasteiger partial charge in [-0.05, 0) is 30.2 Å². The van der Waals surface area contributed by atoms with Crippen molar-refractivity contribution in [3.05, 3.63) is 65.5 Å². The lowest BCUT2D eigenvalue weighted by Gasteiger charge is -2.09. The highest BCUT2D eigenvalue weighted by atomic mass is 19.1. The monoisotopic (exact) mass is 287 g/mol. The summed E-state index contributed by atoms with van der Waals surface area (Å²) in [5, 5.41) is 2.86. The first kappa shape index (κ1) is 15.0. The van der Waals surface area contributed by atoms with Gasteiger partial charge in [-0.3, -0.25) is 4.79 Å². The Bertz CT molecular complexity index is 596. The predicted molar refractivity (Wildman–Crippen MR) is 79.6 cm³/mol. The molecule has 21 heavy (non-hydrogen) atoms. The third-order valence-electron chi connectivity index (χ3n) is 3.22. The van der Waals surface area contributed by atoms with E-state index < -0.39 is 0 Å². The lowest BCUT2D eigenvalue weighted by atomic mass is 10.1. The van der Waals surface area contributed by atoms with Crippen LogP contribution < -0.4 is 10.1 Å². The lowest BCUT2D eigenvalue weighted by Crippen LogP contribution is -2.23. The molecular weight excluding hydrogens is 269 g/mol. The lowest BCUT2D eigenvalue weighted by molar-refractivity contribution is -0.121. The van der Waals surface area contributed by atoms with Crippen molar-refractivity contribution >= 4 is 5.91 Å². The van der Waals surface area contributed by atoms with Crippen molar-refractivity contribution in [1.29, 1.82) is 0 Å². The number of hydrogen-bond donors (Lipinski definition) is 1. The summed E-state index contributed by atoms with van der Waals surface area (Å²) < 4.78 is 18.0. The quantitative estimate of drug-likeness (QED) is 0.886. The molecule has 1 amide bonds. The van der Waals surface area contributed by atoms with Crippen LogP contribution >= 0.6 is 0 Å². The number of nitrogens with one attached hydrogen (secondary N) is 1. The Hall–Kier alpha value is -2.36. The van der Waals surface area contributed by atoms with Crippen molar-refractivity contribution in [1.82, 2.24) is 5.32 Å². The average molecular weight is 287 g/mol. The topological polar surface area (TPSA) is 38.3 Å². The Balaban J connectivity index is 1.81. The van der Waals surface area contributed by atoms with Gasteiger partial charge in [-0.25, -0.2) is 4.39 Å². The van der Waals surface area contributed by atoms with E-state index in [2.05, 4.69) is 5.32 Å². The number of methoxy groups -OCH3 is 1. The Morgan fingerprint density at radius 1 is 1.14 bits per heavy atom. The van der Waals surface area contributed by atoms with E-state index >= 15 is 0 Å². The van der Waals surface area contributed by atoms with Crippen LogP contribution in [0.4, 0.5) is 4.39 Å². The molecule has 0 unspecified atom stereocenters. The molecule has 3 nitrogen and oxygen atoms in total. The van der Waals surface area contributed by atoms with Gasteiger partial charge in [-0.15, -0.1) is 0 Å². The molecule has 0 heterocycles. The van der Waals surface area contributed by atoms with Gasteiger partial charge in [0.1, 0.15) is 11.6 Å². The smallest absolute Gasteiger partial charge is 0.220 e. The molecule has 2 rings (SSSR count). The van der Waals surface area contributed by atoms with Crippen molar-refractivity contribution in [2.24, 2.45) is 0 Å². The van der Waals surface area contributed by atoms with Crippen LogP contribution in [-0.2, 0) is 17.8 Å². The van der Waals surface area contributed by atoms with E-state index in [0.717, 1.165) is 16.9 Å². The van der Waals surface area contributed by atoms with Gasteiger partial charge >= 0.3 is 0 Å². The van der Waals surface area contributed by atoms with Gasteiger partial charge in [0.05, 0.1) is 7.11 Å². The molecule has 0 aliphatic heterocycles. The van der Waals surface area contributed by atoms with Gasteiger partial charge < -0.3 is 10.1 Å². The van der Waals surface area contributed by atoms with E-state index in [1.807, 2.05) is 24.3 Å². The molecule has 0 spiro atoms. The number of aryl methyl sites for hydroxylation is 1. The third kappa shape index (κ3) is 4.60. The summed E-state index contributed by atoms with van der Waals surface area (Å²) >= 11 is 0. The van der Waals surface area contributed by atoms with Crippen LogP contribution in [0, 0.1) is 5.82 Å². The third-order valence-corrected chi connectivity index (χ3v) is 3.22. The fourth-order valence-electron chi connectivity index (χ4n) is 2.04. The van der Waals surface area contributed by atoms with Crippen molar-refractivity contribution in [2.45, 2.75) is 19.4 Å². The summed E-state index contributed by atoms with van der Waals surface area (Å²) in [7, 11) is 1.61. The summed E-state index contributed by atoms with van der Waals surface area (Å²) in [6, 6.07) is 13.8. The molecule has 0 aliphatic rings. The van der Waals surface area contributed by atoms with Crippen LogP contribution in [0.15, 0.2) is 48.5 Å². The van der Waals surface area contributed by atoms with Gasteiger partial charge in [0.2, 0.25) is 5.91 Å². The Labute approximate surface area is 123 Å². The van der Waals surface area contributed by atoms with Crippen LogP contribution in [0.1, 0.15) is 17.5 Å². The predicted octanol–water partition coefficient (Wildman–Crippen LogP) is 3.08. The molecule has 0 aromatic heterocycles. The van der Waals surface area contributed by atoms with E-state index in [1.54, 1.807) is 19.2 Å². The van der Waals surface area contributed by atoms with Crippen LogP contribution in [0.2, 0.25) is 0 Å². The molecule has 0 saturated heterocycles. The maximum absolute atomic E-state index is 12.8. The Morgan fingerprint density at radius 2 is 1.86 bits per heavy atom. The van der Waals surface area contributed by atoms with Crippen LogP contribution in [0.5, 0.6) is 5.75 Å². The average Bonchev–Trinajstić information content (AvgIpc) is 2.52. The molecule has 4 heteroatoms. The molecule has 0 aliphatic carbocycles. The molecule has 0 saturated carbocycles. The number of halogens is 1. The normalized spacial score (nSPS) is 10.2. The minimum absolute atomic E-state index is 0.0368. The summed E-state index contributed by atoms with van der Waals surface area (Å²) in [4.78, 5) is 11.8. The minimum Gasteiger partial charge on any atom is -0.496 e. The highest BCUT2D eigenvalue weighted by molar-refractivity contribution is 5.76. The Kier molecular flexibility index (Phi) is 5.32. The van der Waals surface area contributed by atoms with Crippen LogP contribution in [0.3, 0.4) is 0 Å². The minimum atomic E-state index is -0.264. The number of rotatable bonds is 6. The zero-order chi connectivity index (χ0) is 15.1. The first-order chi connectivity index (χ1) is 10.2. The molecule has 0 atom stereocenters. The SMILES string of the molecule is COc1ccccc1CNC(=O)CCc1ccc(F)cc1. The summed E-state index contributed by atoms with van der Waals surface area (Å²) in [6.07, 6.45) is 0.971. The van der Waals surface area contributed by atoms with Crippen LogP contribution in [0.25, 0.3) is 0 Å². The summed E-state index contributed by atoms with van der Waals surface area (Å²) in [5.41, 5.74) is 1.89. The van der Waals surface area contributed by atoms with E-state index in [1.165, 1.54) is 12.1 Å². The number of carbonyl (C=O) groups excluding carboxylic acids is 1. The highest BCUT2D eigenvalue weighted by Gasteiger charge is 2.05. The largest absolute Gasteiger partial charge is 0.496 e. The van der Waals surface area contributed by atoms with Gasteiger partial charge in [-0.2, -0.15) is 0 Å². The van der Waals surface area contributed by atoms with E-state index in [0.29, 0.717) is 19.4 Å². The fraction of sp³-hybridized carbons (Fsp3) is 0.235. The number of carbonyl (C=O) groups is 1. The van der Waals surface area contributed by atoms with E-state index in [4.69, 9.17) is 4.74 Å². The zero-order valence-corrected chi connectivity index (χ0v) is 11.9. The highest BCUT2D eigenvalue weighted by Crippen LogP contribution is 2.16. The number of ether oxygens (including phenoxy) is 1. The van der Waals surface area contributed by atoms with Gasteiger partial charge in [-0.1, -0.05) is 30.3 Å². The molecule has 0 radical (unpaired) electrons. The van der Waals surface area contributed by atoms with Crippen molar-refractivity contribution in [3.63, 3.8) is 0 Å². The maximum Gasteiger partial charge on any atom is 0.220 e. The first-order valence-corrected chi connectivity index (χ1v) is 6.82. The van der Waals surface area contributed by atoms with Crippen LogP contribution in [-0.4, -0.2) is 13.0 Å². The summed E-state index contributed by atoms with van der Waals surface area (Å²) in [5.74, 6) is 0.459. The van der Waals surface area contributed by atoms with Crippen molar-refractivity contribution in [2.75, 3.05) is 7.11 Å².